The summed E-state index contributed by atoms with van der Waals surface area (Å²) in [4.78, 5) is 25.4. The largest absolute Gasteiger partial charge is 0.350 e. The number of hydrogen-bond acceptors (Lipinski definition) is 4. The molecule has 2 heterocycles. The van der Waals surface area contributed by atoms with Gasteiger partial charge in [-0.25, -0.2) is 13.8 Å². The van der Waals surface area contributed by atoms with Crippen molar-refractivity contribution in [1.82, 2.24) is 24.9 Å². The Kier molecular flexibility index (Phi) is 5.33. The summed E-state index contributed by atoms with van der Waals surface area (Å²) in [5, 5.41) is 12.4. The molecule has 0 radical (unpaired) electrons. The molecule has 0 unspecified atom stereocenters. The lowest BCUT2D eigenvalue weighted by Gasteiger charge is -2.09. The van der Waals surface area contributed by atoms with Gasteiger partial charge in [0.05, 0.1) is 17.6 Å². The number of rotatable bonds is 5. The number of benzene rings is 2. The molecule has 4 aromatic rings. The average molecular weight is 426 g/mol. The lowest BCUT2D eigenvalue weighted by atomic mass is 10.2. The molecule has 0 spiro atoms. The van der Waals surface area contributed by atoms with Crippen LogP contribution in [0, 0.1) is 12.7 Å². The van der Waals surface area contributed by atoms with E-state index in [9.17, 15) is 14.0 Å². The highest BCUT2D eigenvalue weighted by Crippen LogP contribution is 2.19. The van der Waals surface area contributed by atoms with Gasteiger partial charge in [0.2, 0.25) is 5.91 Å². The van der Waals surface area contributed by atoms with E-state index in [0.29, 0.717) is 27.3 Å². The number of aromatic nitrogens is 4. The quantitative estimate of drug-likeness (QED) is 0.533. The van der Waals surface area contributed by atoms with Gasteiger partial charge in [-0.05, 0) is 42.8 Å². The summed E-state index contributed by atoms with van der Waals surface area (Å²) in [7, 11) is 0. The molecule has 2 aromatic carbocycles. The van der Waals surface area contributed by atoms with Crippen molar-refractivity contribution < 1.29 is 9.18 Å². The minimum Gasteiger partial charge on any atom is -0.350 e. The van der Waals surface area contributed by atoms with Crippen molar-refractivity contribution in [2.45, 2.75) is 20.0 Å². The molecule has 7 nitrogen and oxygen atoms in total. The molecule has 152 valence electrons. The lowest BCUT2D eigenvalue weighted by Crippen LogP contribution is -2.34. The fraction of sp³-hybridized carbons (Fsp3) is 0.143. The van der Waals surface area contributed by atoms with E-state index in [1.807, 2.05) is 0 Å². The van der Waals surface area contributed by atoms with Crippen LogP contribution in [0.3, 0.4) is 0 Å². The third-order valence-electron chi connectivity index (χ3n) is 4.62. The minimum absolute atomic E-state index is 0.218. The minimum atomic E-state index is -0.440. The maximum atomic E-state index is 13.1. The van der Waals surface area contributed by atoms with Crippen LogP contribution in [0.4, 0.5) is 4.39 Å². The van der Waals surface area contributed by atoms with E-state index in [0.717, 1.165) is 10.2 Å². The first-order valence-corrected chi connectivity index (χ1v) is 9.53. The fourth-order valence-corrected chi connectivity index (χ4v) is 3.31. The third kappa shape index (κ3) is 3.95. The van der Waals surface area contributed by atoms with Gasteiger partial charge in [0.1, 0.15) is 17.9 Å². The van der Waals surface area contributed by atoms with Crippen molar-refractivity contribution in [3.63, 3.8) is 0 Å². The normalized spacial score (nSPS) is 11.0. The van der Waals surface area contributed by atoms with Gasteiger partial charge in [0.25, 0.3) is 5.56 Å². The molecule has 30 heavy (non-hydrogen) atoms. The zero-order chi connectivity index (χ0) is 21.3. The van der Waals surface area contributed by atoms with Crippen LogP contribution < -0.4 is 10.9 Å². The number of aryl methyl sites for hydroxylation is 1. The van der Waals surface area contributed by atoms with Crippen LogP contribution >= 0.6 is 11.6 Å². The maximum absolute atomic E-state index is 13.1. The van der Waals surface area contributed by atoms with E-state index in [2.05, 4.69) is 15.5 Å². The van der Waals surface area contributed by atoms with Gasteiger partial charge in [-0.3, -0.25) is 9.59 Å². The Morgan fingerprint density at radius 2 is 1.97 bits per heavy atom. The van der Waals surface area contributed by atoms with E-state index in [4.69, 9.17) is 11.6 Å². The van der Waals surface area contributed by atoms with E-state index in [-0.39, 0.29) is 24.8 Å². The number of nitrogens with zero attached hydrogens (tertiary/aromatic N) is 4. The van der Waals surface area contributed by atoms with Crippen molar-refractivity contribution >= 4 is 28.4 Å². The van der Waals surface area contributed by atoms with Gasteiger partial charge in [0.15, 0.2) is 0 Å². The standard InChI is InChI=1S/C21H17ClFN5O2/c1-13-18-11-25-28(17-4-2-3-15(22)9-17)20(18)21(30)27(26-13)12-19(29)24-10-14-5-7-16(23)8-6-14/h2-9,11H,10,12H2,1H3,(H,24,29). The highest BCUT2D eigenvalue weighted by molar-refractivity contribution is 6.30. The zero-order valence-electron chi connectivity index (χ0n) is 16.0. The Morgan fingerprint density at radius 1 is 1.20 bits per heavy atom. The fourth-order valence-electron chi connectivity index (χ4n) is 3.13. The molecule has 0 aliphatic heterocycles. The smallest absolute Gasteiger partial charge is 0.293 e. The van der Waals surface area contributed by atoms with Crippen molar-refractivity contribution in [2.75, 3.05) is 0 Å². The second-order valence-corrected chi connectivity index (χ2v) is 7.19. The first-order valence-electron chi connectivity index (χ1n) is 9.15. The Morgan fingerprint density at radius 3 is 2.70 bits per heavy atom. The van der Waals surface area contributed by atoms with E-state index in [1.54, 1.807) is 49.5 Å². The van der Waals surface area contributed by atoms with Crippen molar-refractivity contribution in [2.24, 2.45) is 0 Å². The molecule has 2 aromatic heterocycles. The summed E-state index contributed by atoms with van der Waals surface area (Å²) in [6.45, 7) is 1.71. The number of carbonyl (C=O) groups excluding carboxylic acids is 1. The van der Waals surface area contributed by atoms with Crippen LogP contribution in [0.5, 0.6) is 0 Å². The molecule has 1 N–H and O–H groups in total. The Hall–Kier alpha value is -3.52. The van der Waals surface area contributed by atoms with Gasteiger partial charge < -0.3 is 5.32 Å². The first kappa shape index (κ1) is 19.8. The average Bonchev–Trinajstić information content (AvgIpc) is 3.17. The molecule has 1 amide bonds. The van der Waals surface area contributed by atoms with Crippen LogP contribution in [0.25, 0.3) is 16.6 Å². The molecular weight excluding hydrogens is 409 g/mol. The summed E-state index contributed by atoms with van der Waals surface area (Å²) in [5.74, 6) is -0.734. The summed E-state index contributed by atoms with van der Waals surface area (Å²) >= 11 is 6.07. The van der Waals surface area contributed by atoms with Gasteiger partial charge in [-0.2, -0.15) is 10.2 Å². The Labute approximate surface area is 175 Å². The summed E-state index contributed by atoms with van der Waals surface area (Å²) in [6.07, 6.45) is 1.57. The molecule has 0 saturated heterocycles. The summed E-state index contributed by atoms with van der Waals surface area (Å²) in [5.41, 5.74) is 1.83. The second-order valence-electron chi connectivity index (χ2n) is 6.75. The predicted octanol–water partition coefficient (Wildman–Crippen LogP) is 3.00. The molecule has 4 rings (SSSR count). The number of nitrogens with one attached hydrogen (secondary N) is 1. The number of fused-ring (bicyclic) bond motifs is 1. The van der Waals surface area contributed by atoms with Crippen molar-refractivity contribution in [1.29, 1.82) is 0 Å². The summed E-state index contributed by atoms with van der Waals surface area (Å²) in [6, 6.07) is 12.8. The van der Waals surface area contributed by atoms with Gasteiger partial charge in [-0.1, -0.05) is 29.8 Å². The topological polar surface area (TPSA) is 81.8 Å². The van der Waals surface area contributed by atoms with Crippen LogP contribution in [-0.2, 0) is 17.9 Å². The molecule has 0 aliphatic rings. The molecule has 0 aliphatic carbocycles. The molecule has 0 bridgehead atoms. The molecular formula is C21H17ClFN5O2. The Bertz CT molecular complexity index is 1300. The number of carbonyl (C=O) groups is 1. The monoisotopic (exact) mass is 425 g/mol. The van der Waals surface area contributed by atoms with Crippen LogP contribution in [0.15, 0.2) is 59.5 Å². The molecule has 0 saturated carbocycles. The molecule has 0 fully saturated rings. The Balaban J connectivity index is 1.62. The number of amides is 1. The van der Waals surface area contributed by atoms with Crippen LogP contribution in [0.1, 0.15) is 11.3 Å². The zero-order valence-corrected chi connectivity index (χ0v) is 16.7. The molecule has 9 heteroatoms. The number of hydrogen-bond donors (Lipinski definition) is 1. The SMILES string of the molecule is Cc1nn(CC(=O)NCc2ccc(F)cc2)c(=O)c2c1cnn2-c1cccc(Cl)c1. The maximum Gasteiger partial charge on any atom is 0.293 e. The highest BCUT2D eigenvalue weighted by Gasteiger charge is 2.16. The van der Waals surface area contributed by atoms with Crippen LogP contribution in [-0.4, -0.2) is 25.5 Å². The van der Waals surface area contributed by atoms with E-state index >= 15 is 0 Å². The lowest BCUT2D eigenvalue weighted by molar-refractivity contribution is -0.122. The predicted molar refractivity (Wildman–Crippen MR) is 111 cm³/mol. The van der Waals surface area contributed by atoms with E-state index in [1.165, 1.54) is 16.8 Å². The van der Waals surface area contributed by atoms with Crippen molar-refractivity contribution in [3.8, 4) is 5.69 Å². The van der Waals surface area contributed by atoms with E-state index < -0.39 is 5.56 Å². The van der Waals surface area contributed by atoms with Gasteiger partial charge >= 0.3 is 0 Å². The van der Waals surface area contributed by atoms with Crippen LogP contribution in [0.2, 0.25) is 5.02 Å². The summed E-state index contributed by atoms with van der Waals surface area (Å²) < 4.78 is 15.6. The first-order chi connectivity index (χ1) is 14.4. The van der Waals surface area contributed by atoms with Crippen molar-refractivity contribution in [3.05, 3.63) is 87.2 Å². The third-order valence-corrected chi connectivity index (χ3v) is 4.85. The second kappa shape index (κ2) is 8.08. The number of halogens is 2. The van der Waals surface area contributed by atoms with Gasteiger partial charge in [-0.15, -0.1) is 0 Å². The van der Waals surface area contributed by atoms with Gasteiger partial charge in [0, 0.05) is 17.0 Å². The highest BCUT2D eigenvalue weighted by atomic mass is 35.5. The molecule has 0 atom stereocenters.